The molecule has 0 unspecified atom stereocenters. The summed E-state index contributed by atoms with van der Waals surface area (Å²) in [5.41, 5.74) is 7.42. The first-order valence-corrected chi connectivity index (χ1v) is 12.1. The third-order valence-electron chi connectivity index (χ3n) is 6.66. The first-order chi connectivity index (χ1) is 14.3. The third kappa shape index (κ3) is 6.17. The lowest BCUT2D eigenvalue weighted by molar-refractivity contribution is -0.165. The van der Waals surface area contributed by atoms with Gasteiger partial charge in [-0.2, -0.15) is 25.3 Å². The van der Waals surface area contributed by atoms with Crippen LogP contribution in [-0.4, -0.2) is 40.2 Å². The molecule has 4 saturated carbocycles. The number of hydrogen-bond acceptors (Lipinski definition) is 6. The quantitative estimate of drug-likeness (QED) is 0.376. The van der Waals surface area contributed by atoms with Gasteiger partial charge in [-0.15, -0.1) is 0 Å². The Morgan fingerprint density at radius 3 is 1.93 bits per heavy atom. The molecule has 1 aromatic carbocycles. The SMILES string of the molecule is NC12CC3CC(CC(C3)C1)C2.O=C(O[C@@H](Cc1ccccc1)C(=O)O)C(CS)CS. The maximum Gasteiger partial charge on any atom is 0.345 e. The van der Waals surface area contributed by atoms with E-state index in [1.165, 1.54) is 38.5 Å². The van der Waals surface area contributed by atoms with Crippen molar-refractivity contribution in [2.45, 2.75) is 56.6 Å². The summed E-state index contributed by atoms with van der Waals surface area (Å²) in [6.45, 7) is 0. The van der Waals surface area contributed by atoms with E-state index in [0.29, 0.717) is 5.54 Å². The number of carboxylic acid groups (broad SMARTS) is 1. The van der Waals surface area contributed by atoms with Crippen LogP contribution in [0.15, 0.2) is 30.3 Å². The average molecular weight is 452 g/mol. The molecule has 7 heteroatoms. The second-order valence-corrected chi connectivity index (χ2v) is 10.0. The molecule has 0 aliphatic heterocycles. The van der Waals surface area contributed by atoms with Crippen molar-refractivity contribution in [1.29, 1.82) is 0 Å². The Morgan fingerprint density at radius 2 is 1.53 bits per heavy atom. The zero-order chi connectivity index (χ0) is 21.7. The van der Waals surface area contributed by atoms with Crippen molar-refractivity contribution in [2.24, 2.45) is 29.4 Å². The van der Waals surface area contributed by atoms with E-state index in [4.69, 9.17) is 15.6 Å². The first kappa shape index (κ1) is 23.5. The Morgan fingerprint density at radius 1 is 1.03 bits per heavy atom. The van der Waals surface area contributed by atoms with Crippen molar-refractivity contribution < 1.29 is 19.4 Å². The molecular formula is C23H33NO4S2. The number of carbonyl (C=O) groups is 2. The van der Waals surface area contributed by atoms with Crippen LogP contribution >= 0.6 is 25.3 Å². The minimum atomic E-state index is -1.18. The summed E-state index contributed by atoms with van der Waals surface area (Å²) < 4.78 is 5.02. The average Bonchev–Trinajstić information content (AvgIpc) is 2.68. The maximum absolute atomic E-state index is 11.7. The molecule has 4 fully saturated rings. The van der Waals surface area contributed by atoms with E-state index in [1.54, 1.807) is 24.3 Å². The Labute approximate surface area is 190 Å². The van der Waals surface area contributed by atoms with Gasteiger partial charge in [0.15, 0.2) is 0 Å². The highest BCUT2D eigenvalue weighted by atomic mass is 32.1. The van der Waals surface area contributed by atoms with E-state index in [0.717, 1.165) is 23.3 Å². The molecule has 1 aromatic rings. The molecule has 5 rings (SSSR count). The van der Waals surface area contributed by atoms with Crippen molar-refractivity contribution in [3.63, 3.8) is 0 Å². The van der Waals surface area contributed by atoms with E-state index in [-0.39, 0.29) is 17.9 Å². The van der Waals surface area contributed by atoms with Gasteiger partial charge in [0, 0.05) is 23.5 Å². The van der Waals surface area contributed by atoms with Crippen molar-refractivity contribution >= 4 is 37.2 Å². The summed E-state index contributed by atoms with van der Waals surface area (Å²) in [6.07, 6.45) is 7.53. The normalized spacial score (nSPS) is 29.8. The van der Waals surface area contributed by atoms with E-state index >= 15 is 0 Å². The largest absolute Gasteiger partial charge is 0.478 e. The van der Waals surface area contributed by atoms with Gasteiger partial charge >= 0.3 is 11.9 Å². The predicted octanol–water partition coefficient (Wildman–Crippen LogP) is 3.62. The smallest absolute Gasteiger partial charge is 0.345 e. The second-order valence-electron chi connectivity index (χ2n) is 9.30. The number of carboxylic acids is 1. The predicted molar refractivity (Wildman–Crippen MR) is 124 cm³/mol. The van der Waals surface area contributed by atoms with Gasteiger partial charge in [0.2, 0.25) is 6.10 Å². The summed E-state index contributed by atoms with van der Waals surface area (Å²) in [6, 6.07) is 9.03. The summed E-state index contributed by atoms with van der Waals surface area (Å²) in [4.78, 5) is 22.9. The summed E-state index contributed by atoms with van der Waals surface area (Å²) >= 11 is 8.02. The molecule has 3 N–H and O–H groups in total. The molecule has 0 amide bonds. The fourth-order valence-electron chi connectivity index (χ4n) is 5.63. The van der Waals surface area contributed by atoms with Crippen LogP contribution in [0.2, 0.25) is 0 Å². The van der Waals surface area contributed by atoms with Gasteiger partial charge in [0.05, 0.1) is 5.92 Å². The zero-order valence-electron chi connectivity index (χ0n) is 17.3. The number of thiol groups is 2. The van der Waals surface area contributed by atoms with Crippen LogP contribution in [0.4, 0.5) is 0 Å². The topological polar surface area (TPSA) is 89.6 Å². The molecule has 0 saturated heterocycles. The number of nitrogens with two attached hydrogens (primary N) is 1. The highest BCUT2D eigenvalue weighted by Crippen LogP contribution is 2.54. The van der Waals surface area contributed by atoms with Crippen molar-refractivity contribution in [1.82, 2.24) is 0 Å². The van der Waals surface area contributed by atoms with Crippen molar-refractivity contribution in [3.05, 3.63) is 35.9 Å². The standard InChI is InChI=1S/C13H16O4S2.C10H17N/c14-12(15)11(6-9-4-2-1-3-5-9)17-13(16)10(7-18)8-19;11-10-4-7-1-8(5-10)3-9(2-7)6-10/h1-5,10-11,18-19H,6-8H2,(H,14,15);7-9H,1-6,11H2/t11-;/m0./s1. The number of aliphatic carboxylic acids is 1. The van der Waals surface area contributed by atoms with Crippen LogP contribution < -0.4 is 5.73 Å². The van der Waals surface area contributed by atoms with Gasteiger partial charge in [-0.25, -0.2) is 4.79 Å². The lowest BCUT2D eigenvalue weighted by atomic mass is 9.53. The Balaban J connectivity index is 0.000000193. The van der Waals surface area contributed by atoms with Crippen LogP contribution in [0.1, 0.15) is 44.1 Å². The van der Waals surface area contributed by atoms with Gasteiger partial charge in [-0.1, -0.05) is 30.3 Å². The summed E-state index contributed by atoms with van der Waals surface area (Å²) in [5.74, 6) is 1.38. The van der Waals surface area contributed by atoms with E-state index < -0.39 is 24.0 Å². The third-order valence-corrected chi connectivity index (χ3v) is 7.54. The number of carbonyl (C=O) groups excluding carboxylic acids is 1. The Hall–Kier alpha value is -1.18. The molecule has 0 radical (unpaired) electrons. The molecule has 166 valence electrons. The van der Waals surface area contributed by atoms with Crippen LogP contribution in [0.25, 0.3) is 0 Å². The molecule has 4 aliphatic carbocycles. The summed E-state index contributed by atoms with van der Waals surface area (Å²) in [5, 5.41) is 9.10. The molecule has 5 nitrogen and oxygen atoms in total. The minimum Gasteiger partial charge on any atom is -0.478 e. The van der Waals surface area contributed by atoms with Crippen LogP contribution in [0, 0.1) is 23.7 Å². The van der Waals surface area contributed by atoms with E-state index in [2.05, 4.69) is 25.3 Å². The van der Waals surface area contributed by atoms with Gasteiger partial charge in [0.25, 0.3) is 0 Å². The molecule has 4 aliphatic rings. The molecule has 30 heavy (non-hydrogen) atoms. The number of hydrogen-bond donors (Lipinski definition) is 4. The van der Waals surface area contributed by atoms with Gasteiger partial charge in [-0.3, -0.25) is 4.79 Å². The molecule has 0 heterocycles. The fraction of sp³-hybridized carbons (Fsp3) is 0.652. The first-order valence-electron chi connectivity index (χ1n) is 10.8. The Kier molecular flexibility index (Phi) is 8.16. The molecule has 4 bridgehead atoms. The van der Waals surface area contributed by atoms with Crippen molar-refractivity contribution in [3.8, 4) is 0 Å². The van der Waals surface area contributed by atoms with Gasteiger partial charge in [-0.05, 0) is 61.8 Å². The van der Waals surface area contributed by atoms with E-state index in [1.807, 2.05) is 6.07 Å². The zero-order valence-corrected chi connectivity index (χ0v) is 19.1. The summed E-state index contributed by atoms with van der Waals surface area (Å²) in [7, 11) is 0. The van der Waals surface area contributed by atoms with Gasteiger partial charge in [0.1, 0.15) is 0 Å². The molecule has 1 atom stereocenters. The van der Waals surface area contributed by atoms with Crippen molar-refractivity contribution in [2.75, 3.05) is 11.5 Å². The van der Waals surface area contributed by atoms with E-state index in [9.17, 15) is 9.59 Å². The monoisotopic (exact) mass is 451 g/mol. The highest BCUT2D eigenvalue weighted by Gasteiger charge is 2.48. The highest BCUT2D eigenvalue weighted by molar-refractivity contribution is 7.81. The Bertz CT molecular complexity index is 688. The number of esters is 1. The minimum absolute atomic E-state index is 0.147. The number of rotatable bonds is 7. The maximum atomic E-state index is 11.7. The lowest BCUT2D eigenvalue weighted by Crippen LogP contribution is -2.55. The number of ether oxygens (including phenoxy) is 1. The molecule has 0 aromatic heterocycles. The fourth-order valence-corrected chi connectivity index (χ4v) is 6.39. The van der Waals surface area contributed by atoms with Crippen LogP contribution in [0.5, 0.6) is 0 Å². The van der Waals surface area contributed by atoms with Gasteiger partial charge < -0.3 is 15.6 Å². The van der Waals surface area contributed by atoms with Crippen LogP contribution in [-0.2, 0) is 20.7 Å². The lowest BCUT2D eigenvalue weighted by Gasteiger charge is -2.55. The van der Waals surface area contributed by atoms with Crippen LogP contribution in [0.3, 0.4) is 0 Å². The number of benzene rings is 1. The molecule has 0 spiro atoms. The molecular weight excluding hydrogens is 418 g/mol. The second kappa shape index (κ2) is 10.4.